The molecule has 0 saturated heterocycles. The number of ether oxygens (including phenoxy) is 1. The zero-order valence-corrected chi connectivity index (χ0v) is 17.2. The molecule has 1 saturated carbocycles. The van der Waals surface area contributed by atoms with Gasteiger partial charge in [-0.1, -0.05) is 25.4 Å². The Morgan fingerprint density at radius 1 is 1.52 bits per heavy atom. The first kappa shape index (κ1) is 21.2. The predicted octanol–water partition coefficient (Wildman–Crippen LogP) is 4.49. The van der Waals surface area contributed by atoms with E-state index in [9.17, 15) is 9.18 Å². The maximum Gasteiger partial charge on any atom is 0.407 e. The van der Waals surface area contributed by atoms with E-state index in [0.717, 1.165) is 12.5 Å². The number of halogens is 2. The van der Waals surface area contributed by atoms with Crippen molar-refractivity contribution in [3.8, 4) is 6.07 Å². The minimum Gasteiger partial charge on any atom is -0.444 e. The van der Waals surface area contributed by atoms with Crippen LogP contribution in [0.4, 0.5) is 15.0 Å². The fourth-order valence-electron chi connectivity index (χ4n) is 3.08. The largest absolute Gasteiger partial charge is 0.444 e. The molecule has 0 aromatic carbocycles. The van der Waals surface area contributed by atoms with Crippen molar-refractivity contribution in [3.63, 3.8) is 0 Å². The minimum absolute atomic E-state index is 0.0250. The second kappa shape index (κ2) is 7.51. The van der Waals surface area contributed by atoms with Gasteiger partial charge in [0, 0.05) is 6.04 Å². The van der Waals surface area contributed by atoms with Gasteiger partial charge in [-0.05, 0) is 51.5 Å². The molecule has 1 amide bonds. The number of carbonyl (C=O) groups excluding carboxylic acids is 1. The van der Waals surface area contributed by atoms with Gasteiger partial charge in [-0.3, -0.25) is 0 Å². The quantitative estimate of drug-likeness (QED) is 0.716. The highest BCUT2D eigenvalue weighted by atomic mass is 35.5. The lowest BCUT2D eigenvalue weighted by atomic mass is 9.98. The van der Waals surface area contributed by atoms with Crippen LogP contribution in [0, 0.1) is 28.5 Å². The predicted molar refractivity (Wildman–Crippen MR) is 102 cm³/mol. The number of alkyl carbamates (subject to hydrolysis) is 1. The summed E-state index contributed by atoms with van der Waals surface area (Å²) < 4.78 is 19.7. The van der Waals surface area contributed by atoms with Crippen LogP contribution in [-0.2, 0) is 4.74 Å². The Morgan fingerprint density at radius 3 is 2.59 bits per heavy atom. The van der Waals surface area contributed by atoms with Gasteiger partial charge in [0.25, 0.3) is 0 Å². The number of hydrogen-bond acceptors (Lipinski definition) is 5. The molecule has 2 rings (SSSR count). The van der Waals surface area contributed by atoms with E-state index in [2.05, 4.69) is 29.5 Å². The summed E-state index contributed by atoms with van der Waals surface area (Å²) in [4.78, 5) is 16.1. The third-order valence-electron chi connectivity index (χ3n) is 4.66. The van der Waals surface area contributed by atoms with Crippen molar-refractivity contribution < 1.29 is 13.9 Å². The number of anilines is 1. The molecular weight excluding hydrogens is 371 g/mol. The highest BCUT2D eigenvalue weighted by Crippen LogP contribution is 2.54. The van der Waals surface area contributed by atoms with E-state index in [4.69, 9.17) is 21.6 Å². The highest BCUT2D eigenvalue weighted by Gasteiger charge is 2.52. The molecule has 0 spiro atoms. The molecule has 148 valence electrons. The van der Waals surface area contributed by atoms with E-state index in [1.54, 1.807) is 26.8 Å². The maximum absolute atomic E-state index is 14.4. The topological polar surface area (TPSA) is 87.0 Å². The summed E-state index contributed by atoms with van der Waals surface area (Å²) in [5, 5.41) is 14.8. The van der Waals surface area contributed by atoms with Gasteiger partial charge in [-0.2, -0.15) is 5.26 Å². The molecule has 8 heteroatoms. The van der Waals surface area contributed by atoms with Gasteiger partial charge < -0.3 is 15.4 Å². The van der Waals surface area contributed by atoms with Crippen molar-refractivity contribution in [1.82, 2.24) is 10.3 Å². The first-order chi connectivity index (χ1) is 12.3. The Labute approximate surface area is 164 Å². The van der Waals surface area contributed by atoms with Crippen molar-refractivity contribution in [3.05, 3.63) is 22.6 Å². The maximum atomic E-state index is 14.4. The van der Waals surface area contributed by atoms with E-state index >= 15 is 0 Å². The Hall–Kier alpha value is -2.07. The summed E-state index contributed by atoms with van der Waals surface area (Å²) in [6.07, 6.45) is 0.392. The molecule has 0 radical (unpaired) electrons. The summed E-state index contributed by atoms with van der Waals surface area (Å²) in [6, 6.07) is 2.23. The SMILES string of the molecule is C[C@H](NC(=O)OC(C)(C)C)[C@H](Nc1nc(Cl)c(C#N)cc1F)[C@H]1CC1(C)C. The number of pyridine rings is 1. The van der Waals surface area contributed by atoms with Crippen LogP contribution in [0.25, 0.3) is 0 Å². The summed E-state index contributed by atoms with van der Waals surface area (Å²) in [5.41, 5.74) is -0.572. The smallest absolute Gasteiger partial charge is 0.407 e. The summed E-state index contributed by atoms with van der Waals surface area (Å²) in [5.74, 6) is -0.494. The van der Waals surface area contributed by atoms with Crippen LogP contribution < -0.4 is 10.6 Å². The van der Waals surface area contributed by atoms with Gasteiger partial charge in [0.05, 0.1) is 11.6 Å². The normalized spacial score (nSPS) is 20.2. The monoisotopic (exact) mass is 396 g/mol. The molecule has 2 N–H and O–H groups in total. The molecule has 0 aliphatic heterocycles. The third-order valence-corrected chi connectivity index (χ3v) is 4.95. The average molecular weight is 397 g/mol. The summed E-state index contributed by atoms with van der Waals surface area (Å²) in [7, 11) is 0. The number of hydrogen-bond donors (Lipinski definition) is 2. The Morgan fingerprint density at radius 2 is 2.11 bits per heavy atom. The first-order valence-electron chi connectivity index (χ1n) is 8.86. The van der Waals surface area contributed by atoms with E-state index in [1.165, 1.54) is 0 Å². The Bertz CT molecular complexity index is 770. The number of rotatable bonds is 5. The standard InChI is InChI=1S/C19H26ClFN4O2/c1-10(23-17(26)27-18(2,3)4)14(12-8-19(12,5)6)24-16-13(21)7-11(9-22)15(20)25-16/h7,10,12,14H,8H2,1-6H3,(H,23,26)(H,24,25)/t10-,12+,14-/m0/s1. The molecule has 1 aromatic heterocycles. The summed E-state index contributed by atoms with van der Waals surface area (Å²) in [6.45, 7) is 11.4. The zero-order valence-electron chi connectivity index (χ0n) is 16.5. The number of nitriles is 1. The molecule has 1 aliphatic carbocycles. The van der Waals surface area contributed by atoms with Crippen molar-refractivity contribution in [2.24, 2.45) is 11.3 Å². The van der Waals surface area contributed by atoms with Crippen LogP contribution in [0.3, 0.4) is 0 Å². The number of amides is 1. The van der Waals surface area contributed by atoms with Gasteiger partial charge in [-0.15, -0.1) is 0 Å². The second-order valence-corrected chi connectivity index (χ2v) is 9.03. The zero-order chi connectivity index (χ0) is 20.6. The molecule has 6 nitrogen and oxygen atoms in total. The van der Waals surface area contributed by atoms with Crippen LogP contribution in [0.1, 0.15) is 53.5 Å². The molecule has 1 aromatic rings. The lowest BCUT2D eigenvalue weighted by Gasteiger charge is -2.29. The average Bonchev–Trinajstić information content (AvgIpc) is 3.13. The highest BCUT2D eigenvalue weighted by molar-refractivity contribution is 6.30. The first-order valence-corrected chi connectivity index (χ1v) is 9.24. The lowest BCUT2D eigenvalue weighted by molar-refractivity contribution is 0.0500. The number of aromatic nitrogens is 1. The van der Waals surface area contributed by atoms with Crippen molar-refractivity contribution >= 4 is 23.5 Å². The van der Waals surface area contributed by atoms with Gasteiger partial charge in [0.1, 0.15) is 16.8 Å². The fourth-order valence-corrected chi connectivity index (χ4v) is 3.26. The number of nitrogens with one attached hydrogen (secondary N) is 2. The van der Waals surface area contributed by atoms with Crippen molar-refractivity contribution in [2.45, 2.75) is 65.6 Å². The Balaban J connectivity index is 2.20. The van der Waals surface area contributed by atoms with Gasteiger partial charge in [0.2, 0.25) is 0 Å². The fraction of sp³-hybridized carbons (Fsp3) is 0.632. The van der Waals surface area contributed by atoms with Crippen LogP contribution in [0.15, 0.2) is 6.07 Å². The van der Waals surface area contributed by atoms with Gasteiger partial charge in [-0.25, -0.2) is 14.2 Å². The molecule has 0 unspecified atom stereocenters. The molecule has 27 heavy (non-hydrogen) atoms. The molecule has 1 aliphatic rings. The lowest BCUT2D eigenvalue weighted by Crippen LogP contribution is -2.48. The van der Waals surface area contributed by atoms with Crippen LogP contribution in [-0.4, -0.2) is 28.8 Å². The molecule has 3 atom stereocenters. The number of carbonyl (C=O) groups is 1. The van der Waals surface area contributed by atoms with E-state index in [-0.39, 0.29) is 40.0 Å². The van der Waals surface area contributed by atoms with Crippen LogP contribution in [0.2, 0.25) is 5.15 Å². The Kier molecular flexibility index (Phi) is 5.91. The molecular formula is C19H26ClFN4O2. The molecule has 1 heterocycles. The van der Waals surface area contributed by atoms with Crippen molar-refractivity contribution in [2.75, 3.05) is 5.32 Å². The second-order valence-electron chi connectivity index (χ2n) is 8.67. The van der Waals surface area contributed by atoms with Crippen LogP contribution in [0.5, 0.6) is 0 Å². The third kappa shape index (κ3) is 5.46. The number of nitrogens with zero attached hydrogens (tertiary/aromatic N) is 2. The van der Waals surface area contributed by atoms with Gasteiger partial charge >= 0.3 is 6.09 Å². The minimum atomic E-state index is -0.663. The summed E-state index contributed by atoms with van der Waals surface area (Å²) >= 11 is 5.94. The van der Waals surface area contributed by atoms with Crippen molar-refractivity contribution in [1.29, 1.82) is 5.26 Å². The van der Waals surface area contributed by atoms with E-state index in [0.29, 0.717) is 0 Å². The van der Waals surface area contributed by atoms with E-state index in [1.807, 2.05) is 6.92 Å². The van der Waals surface area contributed by atoms with E-state index < -0.39 is 17.5 Å². The van der Waals surface area contributed by atoms with Gasteiger partial charge in [0.15, 0.2) is 11.6 Å². The molecule has 0 bridgehead atoms. The molecule has 1 fully saturated rings. The van der Waals surface area contributed by atoms with Crippen LogP contribution >= 0.6 is 11.6 Å².